The molecule has 0 spiro atoms. The monoisotopic (exact) mass is 251 g/mol. The third kappa shape index (κ3) is 1.73. The molecule has 1 rings (SSSR count). The highest BCUT2D eigenvalue weighted by atomic mass is 127. The maximum absolute atomic E-state index is 9.09. The van der Waals surface area contributed by atoms with Crippen molar-refractivity contribution < 1.29 is 5.11 Å². The Kier molecular flexibility index (Phi) is 2.73. The maximum Gasteiger partial charge on any atom is 0.0929 e. The second-order valence-electron chi connectivity index (χ2n) is 2.35. The Labute approximate surface area is 73.9 Å². The second kappa shape index (κ2) is 3.39. The first-order chi connectivity index (χ1) is 4.74. The Morgan fingerprint density at radius 1 is 1.70 bits per heavy atom. The molecule has 0 aliphatic heterocycles. The van der Waals surface area contributed by atoms with E-state index >= 15 is 0 Å². The Hall–Kier alpha value is -0.0300. The van der Waals surface area contributed by atoms with E-state index in [0.717, 1.165) is 0 Å². The number of halogens is 1. The highest BCUT2D eigenvalue weighted by Gasteiger charge is 2.14. The third-order valence-electron chi connectivity index (χ3n) is 1.57. The molecule has 10 heavy (non-hydrogen) atoms. The van der Waals surface area contributed by atoms with Crippen molar-refractivity contribution in [2.24, 2.45) is 11.7 Å². The van der Waals surface area contributed by atoms with E-state index in [1.807, 2.05) is 6.08 Å². The van der Waals surface area contributed by atoms with E-state index in [1.54, 1.807) is 6.08 Å². The van der Waals surface area contributed by atoms with Crippen molar-refractivity contribution >= 4 is 22.6 Å². The first-order valence-electron chi connectivity index (χ1n) is 3.19. The van der Waals surface area contributed by atoms with E-state index in [-0.39, 0.29) is 0 Å². The molecule has 1 unspecified atom stereocenters. The summed E-state index contributed by atoms with van der Waals surface area (Å²) in [6, 6.07) is 0. The summed E-state index contributed by atoms with van der Waals surface area (Å²) in [5.41, 5.74) is 5.47. The lowest BCUT2D eigenvalue weighted by molar-refractivity contribution is 0.365. The molecule has 0 bridgehead atoms. The summed E-state index contributed by atoms with van der Waals surface area (Å²) in [5, 5.41) is 9.09. The molecular formula is C7H10INO. The zero-order valence-corrected chi connectivity index (χ0v) is 7.71. The lowest BCUT2D eigenvalue weighted by atomic mass is 10.00. The van der Waals surface area contributed by atoms with Gasteiger partial charge in [-0.15, -0.1) is 0 Å². The van der Waals surface area contributed by atoms with Gasteiger partial charge in [-0.2, -0.15) is 0 Å². The Balaban J connectivity index is 2.68. The van der Waals surface area contributed by atoms with Crippen LogP contribution in [-0.2, 0) is 0 Å². The largest absolute Gasteiger partial charge is 0.512 e. The highest BCUT2D eigenvalue weighted by molar-refractivity contribution is 14.1. The Bertz CT molecular complexity index is 186. The third-order valence-corrected chi connectivity index (χ3v) is 2.81. The van der Waals surface area contributed by atoms with Crippen molar-refractivity contribution in [1.29, 1.82) is 0 Å². The number of hydrogen-bond acceptors (Lipinski definition) is 2. The molecule has 56 valence electrons. The molecule has 0 saturated heterocycles. The molecule has 2 nitrogen and oxygen atoms in total. The Morgan fingerprint density at radius 3 is 2.90 bits per heavy atom. The van der Waals surface area contributed by atoms with Gasteiger partial charge < -0.3 is 10.8 Å². The van der Waals surface area contributed by atoms with Crippen molar-refractivity contribution in [3.8, 4) is 0 Å². The minimum Gasteiger partial charge on any atom is -0.512 e. The van der Waals surface area contributed by atoms with Crippen LogP contribution in [0.3, 0.4) is 0 Å². The summed E-state index contributed by atoms with van der Waals surface area (Å²) in [6.45, 7) is 0.618. The van der Waals surface area contributed by atoms with Gasteiger partial charge in [0, 0.05) is 18.9 Å². The van der Waals surface area contributed by atoms with Crippen LogP contribution in [0.2, 0.25) is 0 Å². The normalized spacial score (nSPS) is 25.6. The zero-order chi connectivity index (χ0) is 7.56. The van der Waals surface area contributed by atoms with Crippen LogP contribution in [0.4, 0.5) is 0 Å². The molecule has 0 aromatic rings. The van der Waals surface area contributed by atoms with Crippen molar-refractivity contribution in [1.82, 2.24) is 0 Å². The first kappa shape index (κ1) is 8.07. The molecule has 1 aliphatic carbocycles. The minimum atomic E-state index is 0.339. The van der Waals surface area contributed by atoms with Gasteiger partial charge in [-0.3, -0.25) is 0 Å². The van der Waals surface area contributed by atoms with Gasteiger partial charge in [-0.05, 0) is 38.3 Å². The van der Waals surface area contributed by atoms with Crippen molar-refractivity contribution in [2.45, 2.75) is 6.42 Å². The molecule has 3 heteroatoms. The average molecular weight is 251 g/mol. The van der Waals surface area contributed by atoms with Gasteiger partial charge >= 0.3 is 0 Å². The molecule has 3 N–H and O–H groups in total. The minimum absolute atomic E-state index is 0.339. The smallest absolute Gasteiger partial charge is 0.0929 e. The van der Waals surface area contributed by atoms with Crippen LogP contribution in [0.25, 0.3) is 0 Å². The quantitative estimate of drug-likeness (QED) is 0.697. The molecule has 0 fully saturated rings. The van der Waals surface area contributed by atoms with Crippen molar-refractivity contribution in [3.63, 3.8) is 0 Å². The molecule has 0 aromatic heterocycles. The summed E-state index contributed by atoms with van der Waals surface area (Å²) in [6.07, 6.45) is 4.34. The first-order valence-corrected chi connectivity index (χ1v) is 4.27. The van der Waals surface area contributed by atoms with E-state index in [0.29, 0.717) is 24.6 Å². The molecular weight excluding hydrogens is 241 g/mol. The number of aliphatic hydroxyl groups excluding tert-OH is 1. The molecule has 0 radical (unpaired) electrons. The van der Waals surface area contributed by atoms with E-state index in [2.05, 4.69) is 22.6 Å². The van der Waals surface area contributed by atoms with Crippen molar-refractivity contribution in [2.75, 3.05) is 6.54 Å². The zero-order valence-electron chi connectivity index (χ0n) is 5.55. The van der Waals surface area contributed by atoms with Crippen LogP contribution in [0, 0.1) is 5.92 Å². The lowest BCUT2D eigenvalue weighted by Gasteiger charge is -2.16. The van der Waals surface area contributed by atoms with Crippen LogP contribution in [-0.4, -0.2) is 11.7 Å². The molecule has 1 atom stereocenters. The SMILES string of the molecule is NCC1CC(O)=CC=C1I. The van der Waals surface area contributed by atoms with Crippen LogP contribution < -0.4 is 5.73 Å². The van der Waals surface area contributed by atoms with Gasteiger partial charge in [0.15, 0.2) is 0 Å². The van der Waals surface area contributed by atoms with Gasteiger partial charge in [0.05, 0.1) is 5.76 Å². The number of rotatable bonds is 1. The topological polar surface area (TPSA) is 46.2 Å². The fraction of sp³-hybridized carbons (Fsp3) is 0.429. The van der Waals surface area contributed by atoms with Gasteiger partial charge in [-0.1, -0.05) is 0 Å². The van der Waals surface area contributed by atoms with Gasteiger partial charge in [-0.25, -0.2) is 0 Å². The summed E-state index contributed by atoms with van der Waals surface area (Å²) >= 11 is 2.25. The summed E-state index contributed by atoms with van der Waals surface area (Å²) in [4.78, 5) is 0. The van der Waals surface area contributed by atoms with Gasteiger partial charge in [0.1, 0.15) is 0 Å². The van der Waals surface area contributed by atoms with Crippen LogP contribution in [0.5, 0.6) is 0 Å². The number of hydrogen-bond donors (Lipinski definition) is 2. The van der Waals surface area contributed by atoms with E-state index in [4.69, 9.17) is 10.8 Å². The molecule has 0 aromatic carbocycles. The predicted molar refractivity (Wildman–Crippen MR) is 50.0 cm³/mol. The predicted octanol–water partition coefficient (Wildman–Crippen LogP) is 1.73. The molecule has 1 aliphatic rings. The molecule has 0 amide bonds. The van der Waals surface area contributed by atoms with Crippen LogP contribution in [0.15, 0.2) is 21.5 Å². The fourth-order valence-electron chi connectivity index (χ4n) is 0.926. The van der Waals surface area contributed by atoms with Crippen LogP contribution in [0.1, 0.15) is 6.42 Å². The highest BCUT2D eigenvalue weighted by Crippen LogP contribution is 2.27. The standard InChI is InChI=1S/C7H10INO/c8-7-2-1-6(10)3-5(7)4-9/h1-2,5,10H,3-4,9H2. The van der Waals surface area contributed by atoms with E-state index in [9.17, 15) is 0 Å². The average Bonchev–Trinajstić information content (AvgIpc) is 1.94. The van der Waals surface area contributed by atoms with Crippen molar-refractivity contribution in [3.05, 3.63) is 21.5 Å². The van der Waals surface area contributed by atoms with E-state index in [1.165, 1.54) is 3.58 Å². The summed E-state index contributed by atoms with van der Waals surface area (Å²) < 4.78 is 1.23. The number of nitrogens with two attached hydrogens (primary N) is 1. The number of aliphatic hydroxyl groups is 1. The summed E-state index contributed by atoms with van der Waals surface area (Å²) in [5.74, 6) is 0.779. The second-order valence-corrected chi connectivity index (χ2v) is 3.59. The van der Waals surface area contributed by atoms with Gasteiger partial charge in [0.2, 0.25) is 0 Å². The summed E-state index contributed by atoms with van der Waals surface area (Å²) in [7, 11) is 0. The van der Waals surface area contributed by atoms with Crippen LogP contribution >= 0.6 is 22.6 Å². The number of allylic oxidation sites excluding steroid dienone is 3. The Morgan fingerprint density at radius 2 is 2.40 bits per heavy atom. The maximum atomic E-state index is 9.09. The fourth-order valence-corrected chi connectivity index (χ4v) is 1.58. The molecule has 0 saturated carbocycles. The molecule has 0 heterocycles. The van der Waals surface area contributed by atoms with E-state index < -0.39 is 0 Å². The van der Waals surface area contributed by atoms with Gasteiger partial charge in [0.25, 0.3) is 0 Å². The lowest BCUT2D eigenvalue weighted by Crippen LogP contribution is -2.16.